The van der Waals surface area contributed by atoms with Crippen molar-refractivity contribution in [1.82, 2.24) is 25.8 Å². The lowest BCUT2D eigenvalue weighted by molar-refractivity contribution is 0.375. The maximum Gasteiger partial charge on any atom is 0.246 e. The largest absolute Gasteiger partial charge is 0.361 e. The van der Waals surface area contributed by atoms with Gasteiger partial charge in [-0.3, -0.25) is 4.99 Å². The third-order valence-corrected chi connectivity index (χ3v) is 5.11. The summed E-state index contributed by atoms with van der Waals surface area (Å²) in [7, 11) is 1.73. The first kappa shape index (κ1) is 23.1. The quantitative estimate of drug-likeness (QED) is 0.184. The van der Waals surface area contributed by atoms with Gasteiger partial charge in [0, 0.05) is 41.3 Å². The summed E-state index contributed by atoms with van der Waals surface area (Å²) in [5.41, 5.74) is 4.54. The van der Waals surface area contributed by atoms with Gasteiger partial charge in [-0.05, 0) is 36.6 Å². The van der Waals surface area contributed by atoms with Crippen LogP contribution < -0.4 is 10.6 Å². The molecule has 9 heteroatoms. The number of nitrogens with one attached hydrogen (secondary N) is 3. The number of H-pyrrole nitrogens is 1. The molecular formula is C22H24ClIN6O. The van der Waals surface area contributed by atoms with Crippen LogP contribution in [0.25, 0.3) is 22.3 Å². The van der Waals surface area contributed by atoms with Gasteiger partial charge in [-0.15, -0.1) is 24.0 Å². The number of hydrogen-bond acceptors (Lipinski definition) is 4. The number of para-hydroxylation sites is 1. The third-order valence-electron chi connectivity index (χ3n) is 4.88. The molecule has 0 amide bonds. The molecule has 0 saturated carbocycles. The average molecular weight is 551 g/mol. The summed E-state index contributed by atoms with van der Waals surface area (Å²) in [6, 6.07) is 13.7. The van der Waals surface area contributed by atoms with E-state index in [-0.39, 0.29) is 24.0 Å². The van der Waals surface area contributed by atoms with Crippen molar-refractivity contribution in [3.05, 3.63) is 70.7 Å². The first-order chi connectivity index (χ1) is 14.6. The summed E-state index contributed by atoms with van der Waals surface area (Å²) in [5.74, 6) is 1.65. The number of hydrogen-bond donors (Lipinski definition) is 3. The Morgan fingerprint density at radius 2 is 2.03 bits per heavy atom. The molecule has 0 radical (unpaired) electrons. The standard InChI is InChI=1S/C22H23ClN6O.HI/c1-14-5-3-8-18-16(12-26-20(14)18)9-10-25-22(24-2)27-13-19-28-21(29-30-19)15-6-4-7-17(23)11-15;/h3-8,11-12,26H,9-10,13H2,1-2H3,(H2,24,25,27);1H. The summed E-state index contributed by atoms with van der Waals surface area (Å²) in [4.78, 5) is 12.0. The van der Waals surface area contributed by atoms with E-state index in [1.165, 1.54) is 22.0 Å². The number of aromatic amines is 1. The molecule has 4 aromatic rings. The van der Waals surface area contributed by atoms with Gasteiger partial charge in [-0.25, -0.2) is 0 Å². The molecule has 0 spiro atoms. The van der Waals surface area contributed by atoms with Gasteiger partial charge in [0.25, 0.3) is 0 Å². The van der Waals surface area contributed by atoms with Gasteiger partial charge < -0.3 is 20.1 Å². The maximum absolute atomic E-state index is 6.02. The zero-order valence-corrected chi connectivity index (χ0v) is 20.4. The summed E-state index contributed by atoms with van der Waals surface area (Å²) >= 11 is 6.02. The molecule has 0 aliphatic rings. The molecule has 0 atom stereocenters. The first-order valence-corrected chi connectivity index (χ1v) is 10.1. The molecule has 2 aromatic carbocycles. The van der Waals surface area contributed by atoms with E-state index in [0.29, 0.717) is 29.2 Å². The van der Waals surface area contributed by atoms with Crippen LogP contribution in [-0.4, -0.2) is 34.7 Å². The molecule has 0 fully saturated rings. The number of rotatable bonds is 6. The molecule has 31 heavy (non-hydrogen) atoms. The molecular weight excluding hydrogens is 527 g/mol. The van der Waals surface area contributed by atoms with E-state index < -0.39 is 0 Å². The Hall–Kier alpha value is -2.59. The normalized spacial score (nSPS) is 11.4. The molecule has 7 nitrogen and oxygen atoms in total. The molecule has 0 bridgehead atoms. The van der Waals surface area contributed by atoms with Gasteiger partial charge in [0.15, 0.2) is 5.96 Å². The van der Waals surface area contributed by atoms with Crippen LogP contribution in [0.4, 0.5) is 0 Å². The van der Waals surface area contributed by atoms with E-state index in [0.717, 1.165) is 18.5 Å². The van der Waals surface area contributed by atoms with Crippen molar-refractivity contribution in [2.75, 3.05) is 13.6 Å². The number of aryl methyl sites for hydroxylation is 1. The van der Waals surface area contributed by atoms with Gasteiger partial charge in [0.05, 0.1) is 6.54 Å². The molecule has 3 N–H and O–H groups in total. The minimum atomic E-state index is 0. The predicted molar refractivity (Wildman–Crippen MR) is 135 cm³/mol. The minimum absolute atomic E-state index is 0. The Balaban J connectivity index is 0.00000272. The number of nitrogens with zero attached hydrogens (tertiary/aromatic N) is 3. The molecule has 2 heterocycles. The van der Waals surface area contributed by atoms with E-state index >= 15 is 0 Å². The molecule has 0 saturated heterocycles. The minimum Gasteiger partial charge on any atom is -0.361 e. The lowest BCUT2D eigenvalue weighted by Crippen LogP contribution is -2.37. The van der Waals surface area contributed by atoms with Crippen LogP contribution in [0, 0.1) is 6.92 Å². The zero-order chi connectivity index (χ0) is 20.9. The van der Waals surface area contributed by atoms with E-state index in [4.69, 9.17) is 16.1 Å². The van der Waals surface area contributed by atoms with Crippen LogP contribution in [0.5, 0.6) is 0 Å². The zero-order valence-electron chi connectivity index (χ0n) is 17.3. The number of aromatic nitrogens is 3. The van der Waals surface area contributed by atoms with E-state index in [2.05, 4.69) is 62.1 Å². The summed E-state index contributed by atoms with van der Waals surface area (Å²) in [6.45, 7) is 3.24. The molecule has 4 rings (SSSR count). The smallest absolute Gasteiger partial charge is 0.246 e. The number of aliphatic imine (C=N–C) groups is 1. The summed E-state index contributed by atoms with van der Waals surface area (Å²) < 4.78 is 5.32. The van der Waals surface area contributed by atoms with Crippen molar-refractivity contribution >= 4 is 52.4 Å². The number of fused-ring (bicyclic) bond motifs is 1. The van der Waals surface area contributed by atoms with Crippen molar-refractivity contribution in [1.29, 1.82) is 0 Å². The van der Waals surface area contributed by atoms with Gasteiger partial charge in [0.2, 0.25) is 11.7 Å². The predicted octanol–water partition coefficient (Wildman–Crippen LogP) is 4.71. The van der Waals surface area contributed by atoms with Crippen LogP contribution in [0.3, 0.4) is 0 Å². The molecule has 0 aliphatic heterocycles. The second-order valence-electron chi connectivity index (χ2n) is 6.94. The van der Waals surface area contributed by atoms with Gasteiger partial charge in [0.1, 0.15) is 0 Å². The Bertz CT molecular complexity index is 1190. The fourth-order valence-electron chi connectivity index (χ4n) is 3.34. The van der Waals surface area contributed by atoms with Crippen molar-refractivity contribution in [3.63, 3.8) is 0 Å². The van der Waals surface area contributed by atoms with Crippen molar-refractivity contribution in [2.24, 2.45) is 4.99 Å². The Labute approximate surface area is 202 Å². The Kier molecular flexibility index (Phi) is 7.91. The lowest BCUT2D eigenvalue weighted by atomic mass is 10.1. The second-order valence-corrected chi connectivity index (χ2v) is 7.37. The summed E-state index contributed by atoms with van der Waals surface area (Å²) in [6.07, 6.45) is 2.95. The van der Waals surface area contributed by atoms with Crippen LogP contribution in [0.2, 0.25) is 5.02 Å². The number of halogens is 2. The topological polar surface area (TPSA) is 91.1 Å². The fourth-order valence-corrected chi connectivity index (χ4v) is 3.53. The number of benzene rings is 2. The van der Waals surface area contributed by atoms with E-state index in [9.17, 15) is 0 Å². The molecule has 2 aromatic heterocycles. The highest BCUT2D eigenvalue weighted by Gasteiger charge is 2.10. The lowest BCUT2D eigenvalue weighted by Gasteiger charge is -2.10. The van der Waals surface area contributed by atoms with Crippen molar-refractivity contribution in [2.45, 2.75) is 19.9 Å². The Morgan fingerprint density at radius 3 is 2.84 bits per heavy atom. The average Bonchev–Trinajstić information content (AvgIpc) is 3.39. The highest BCUT2D eigenvalue weighted by atomic mass is 127. The van der Waals surface area contributed by atoms with E-state index in [1.807, 2.05) is 12.1 Å². The highest BCUT2D eigenvalue weighted by molar-refractivity contribution is 14.0. The van der Waals surface area contributed by atoms with Gasteiger partial charge in [-0.1, -0.05) is 47.1 Å². The number of guanidine groups is 1. The molecule has 0 unspecified atom stereocenters. The SMILES string of the molecule is CN=C(NCCc1c[nH]c2c(C)cccc12)NCc1nc(-c2cccc(Cl)c2)no1.I. The maximum atomic E-state index is 6.02. The monoisotopic (exact) mass is 550 g/mol. The van der Waals surface area contributed by atoms with Crippen molar-refractivity contribution in [3.8, 4) is 11.4 Å². The molecule has 0 aliphatic carbocycles. The van der Waals surface area contributed by atoms with Crippen LogP contribution >= 0.6 is 35.6 Å². The van der Waals surface area contributed by atoms with Gasteiger partial charge in [-0.2, -0.15) is 4.98 Å². The first-order valence-electron chi connectivity index (χ1n) is 9.72. The van der Waals surface area contributed by atoms with Crippen LogP contribution in [0.15, 0.2) is 58.2 Å². The third kappa shape index (κ3) is 5.56. The van der Waals surface area contributed by atoms with Crippen molar-refractivity contribution < 1.29 is 4.52 Å². The summed E-state index contributed by atoms with van der Waals surface area (Å²) in [5, 5.41) is 12.4. The van der Waals surface area contributed by atoms with Gasteiger partial charge >= 0.3 is 0 Å². The highest BCUT2D eigenvalue weighted by Crippen LogP contribution is 2.21. The molecule has 162 valence electrons. The fraction of sp³-hybridized carbons (Fsp3) is 0.227. The van der Waals surface area contributed by atoms with E-state index in [1.54, 1.807) is 19.2 Å². The second kappa shape index (κ2) is 10.6. The Morgan fingerprint density at radius 1 is 1.19 bits per heavy atom. The van der Waals surface area contributed by atoms with Crippen LogP contribution in [-0.2, 0) is 13.0 Å². The van der Waals surface area contributed by atoms with Crippen LogP contribution in [0.1, 0.15) is 17.0 Å².